The molecule has 2 heterocycles. The Morgan fingerprint density at radius 2 is 2.29 bits per heavy atom. The maximum absolute atomic E-state index is 11.5. The second-order valence-electron chi connectivity index (χ2n) is 3.91. The predicted octanol–water partition coefficient (Wildman–Crippen LogP) is -0.608. The van der Waals surface area contributed by atoms with Crippen LogP contribution in [0, 0.1) is 0 Å². The monoisotopic (exact) mass is 234 g/mol. The first-order chi connectivity index (χ1) is 8.11. The summed E-state index contributed by atoms with van der Waals surface area (Å²) in [6.07, 6.45) is 0. The number of piperazine rings is 1. The van der Waals surface area contributed by atoms with Crippen molar-refractivity contribution in [2.75, 3.05) is 11.4 Å². The van der Waals surface area contributed by atoms with Gasteiger partial charge in [-0.15, -0.1) is 0 Å². The standard InChI is InChI=1S/C11H14N4O2/c1-7-11(17)14-10(16)6-15(7)9-4-2-3-8(5-12)13-9/h2-4,7H,5-6,12H2,1H3,(H,14,16,17). The fraction of sp³-hybridized carbons (Fsp3) is 0.364. The number of imide groups is 1. The van der Waals surface area contributed by atoms with Crippen LogP contribution < -0.4 is 16.0 Å². The molecule has 1 saturated heterocycles. The van der Waals surface area contributed by atoms with Crippen LogP contribution >= 0.6 is 0 Å². The number of carbonyl (C=O) groups is 2. The molecule has 0 bridgehead atoms. The molecular formula is C11H14N4O2. The third-order valence-corrected chi connectivity index (χ3v) is 2.72. The van der Waals surface area contributed by atoms with Gasteiger partial charge < -0.3 is 10.6 Å². The van der Waals surface area contributed by atoms with E-state index in [4.69, 9.17) is 5.73 Å². The summed E-state index contributed by atoms with van der Waals surface area (Å²) in [4.78, 5) is 28.8. The molecule has 6 nitrogen and oxygen atoms in total. The molecule has 90 valence electrons. The first-order valence-electron chi connectivity index (χ1n) is 5.38. The first kappa shape index (κ1) is 11.5. The number of aromatic nitrogens is 1. The Balaban J connectivity index is 2.30. The van der Waals surface area contributed by atoms with E-state index >= 15 is 0 Å². The normalized spacial score (nSPS) is 20.4. The Bertz CT molecular complexity index is 461. The SMILES string of the molecule is CC1C(=O)NC(=O)CN1c1cccc(CN)n1. The van der Waals surface area contributed by atoms with Crippen molar-refractivity contribution in [3.05, 3.63) is 23.9 Å². The predicted molar refractivity (Wildman–Crippen MR) is 62.1 cm³/mol. The molecule has 1 fully saturated rings. The van der Waals surface area contributed by atoms with Crippen LogP contribution in [-0.2, 0) is 16.1 Å². The molecule has 1 aromatic heterocycles. The van der Waals surface area contributed by atoms with Gasteiger partial charge in [-0.1, -0.05) is 6.07 Å². The zero-order valence-corrected chi connectivity index (χ0v) is 9.51. The van der Waals surface area contributed by atoms with Gasteiger partial charge in [0, 0.05) is 6.54 Å². The summed E-state index contributed by atoms with van der Waals surface area (Å²) in [6, 6.07) is 4.98. The van der Waals surface area contributed by atoms with Gasteiger partial charge in [0.2, 0.25) is 11.8 Å². The summed E-state index contributed by atoms with van der Waals surface area (Å²) in [6.45, 7) is 2.20. The van der Waals surface area contributed by atoms with Crippen molar-refractivity contribution in [2.45, 2.75) is 19.5 Å². The molecule has 1 aliphatic rings. The summed E-state index contributed by atoms with van der Waals surface area (Å²) in [5.74, 6) is -0.0158. The molecule has 17 heavy (non-hydrogen) atoms. The van der Waals surface area contributed by atoms with Crippen LogP contribution in [0.3, 0.4) is 0 Å². The molecule has 0 spiro atoms. The molecule has 2 amide bonds. The van der Waals surface area contributed by atoms with Gasteiger partial charge >= 0.3 is 0 Å². The molecule has 1 aliphatic heterocycles. The summed E-state index contributed by atoms with van der Waals surface area (Å²) in [5.41, 5.74) is 6.24. The summed E-state index contributed by atoms with van der Waals surface area (Å²) in [7, 11) is 0. The highest BCUT2D eigenvalue weighted by Crippen LogP contribution is 2.16. The Hall–Kier alpha value is -1.95. The van der Waals surface area contributed by atoms with Gasteiger partial charge in [0.15, 0.2) is 0 Å². The molecule has 0 radical (unpaired) electrons. The van der Waals surface area contributed by atoms with Gasteiger partial charge in [-0.2, -0.15) is 0 Å². The fourth-order valence-electron chi connectivity index (χ4n) is 1.73. The highest BCUT2D eigenvalue weighted by Gasteiger charge is 2.30. The fourth-order valence-corrected chi connectivity index (χ4v) is 1.73. The van der Waals surface area contributed by atoms with Crippen molar-refractivity contribution in [3.8, 4) is 0 Å². The quantitative estimate of drug-likeness (QED) is 0.666. The number of carbonyl (C=O) groups excluding carboxylic acids is 2. The van der Waals surface area contributed by atoms with Crippen molar-refractivity contribution in [1.29, 1.82) is 0 Å². The highest BCUT2D eigenvalue weighted by molar-refractivity contribution is 6.04. The Kier molecular flexibility index (Phi) is 3.06. The largest absolute Gasteiger partial charge is 0.336 e. The Labute approximate surface area is 98.8 Å². The van der Waals surface area contributed by atoms with Crippen LogP contribution in [-0.4, -0.2) is 29.4 Å². The Morgan fingerprint density at radius 1 is 1.53 bits per heavy atom. The summed E-state index contributed by atoms with van der Waals surface area (Å²) < 4.78 is 0. The summed E-state index contributed by atoms with van der Waals surface area (Å²) >= 11 is 0. The lowest BCUT2D eigenvalue weighted by molar-refractivity contribution is -0.132. The average molecular weight is 234 g/mol. The molecule has 3 N–H and O–H groups in total. The molecule has 0 aromatic carbocycles. The lowest BCUT2D eigenvalue weighted by Crippen LogP contribution is -2.57. The van der Waals surface area contributed by atoms with E-state index in [0.717, 1.165) is 5.69 Å². The van der Waals surface area contributed by atoms with Gasteiger partial charge in [-0.25, -0.2) is 4.98 Å². The smallest absolute Gasteiger partial charge is 0.249 e. The van der Waals surface area contributed by atoms with Crippen LogP contribution in [0.15, 0.2) is 18.2 Å². The minimum Gasteiger partial charge on any atom is -0.336 e. The minimum absolute atomic E-state index is 0.133. The zero-order valence-electron chi connectivity index (χ0n) is 9.51. The van der Waals surface area contributed by atoms with E-state index in [2.05, 4.69) is 10.3 Å². The van der Waals surface area contributed by atoms with Crippen molar-refractivity contribution in [2.24, 2.45) is 5.73 Å². The molecule has 2 rings (SSSR count). The number of nitrogens with zero attached hydrogens (tertiary/aromatic N) is 2. The molecular weight excluding hydrogens is 220 g/mol. The highest BCUT2D eigenvalue weighted by atomic mass is 16.2. The van der Waals surface area contributed by atoms with E-state index < -0.39 is 6.04 Å². The number of amides is 2. The number of rotatable bonds is 2. The topological polar surface area (TPSA) is 88.3 Å². The maximum Gasteiger partial charge on any atom is 0.249 e. The lowest BCUT2D eigenvalue weighted by atomic mass is 10.2. The molecule has 1 unspecified atom stereocenters. The van der Waals surface area contributed by atoms with E-state index in [0.29, 0.717) is 12.4 Å². The van der Waals surface area contributed by atoms with Crippen LogP contribution in [0.25, 0.3) is 0 Å². The first-order valence-corrected chi connectivity index (χ1v) is 5.38. The van der Waals surface area contributed by atoms with Crippen LogP contribution in [0.2, 0.25) is 0 Å². The van der Waals surface area contributed by atoms with Gasteiger partial charge in [0.1, 0.15) is 11.9 Å². The van der Waals surface area contributed by atoms with Gasteiger partial charge in [-0.3, -0.25) is 14.9 Å². The van der Waals surface area contributed by atoms with E-state index in [1.807, 2.05) is 6.07 Å². The van der Waals surface area contributed by atoms with Crippen LogP contribution in [0.1, 0.15) is 12.6 Å². The van der Waals surface area contributed by atoms with Crippen molar-refractivity contribution < 1.29 is 9.59 Å². The molecule has 1 atom stereocenters. The number of nitrogens with two attached hydrogens (primary N) is 1. The number of anilines is 1. The van der Waals surface area contributed by atoms with Crippen LogP contribution in [0.5, 0.6) is 0 Å². The van der Waals surface area contributed by atoms with E-state index in [1.165, 1.54) is 0 Å². The van der Waals surface area contributed by atoms with Crippen molar-refractivity contribution in [1.82, 2.24) is 10.3 Å². The molecule has 0 saturated carbocycles. The van der Waals surface area contributed by atoms with E-state index in [1.54, 1.807) is 24.0 Å². The molecule has 6 heteroatoms. The molecule has 1 aromatic rings. The second-order valence-corrected chi connectivity index (χ2v) is 3.91. The van der Waals surface area contributed by atoms with Crippen molar-refractivity contribution in [3.63, 3.8) is 0 Å². The van der Waals surface area contributed by atoms with E-state index in [-0.39, 0.29) is 18.4 Å². The average Bonchev–Trinajstić information content (AvgIpc) is 2.34. The van der Waals surface area contributed by atoms with Crippen LogP contribution in [0.4, 0.5) is 5.82 Å². The number of nitrogens with one attached hydrogen (secondary N) is 1. The second kappa shape index (κ2) is 4.50. The number of hydrogen-bond acceptors (Lipinski definition) is 5. The summed E-state index contributed by atoms with van der Waals surface area (Å²) in [5, 5.41) is 2.29. The van der Waals surface area contributed by atoms with Gasteiger partial charge in [-0.05, 0) is 19.1 Å². The number of pyridine rings is 1. The Morgan fingerprint density at radius 3 is 3.00 bits per heavy atom. The molecule has 0 aliphatic carbocycles. The third-order valence-electron chi connectivity index (χ3n) is 2.72. The minimum atomic E-state index is -0.409. The van der Waals surface area contributed by atoms with Crippen molar-refractivity contribution >= 4 is 17.6 Å². The maximum atomic E-state index is 11.5. The lowest BCUT2D eigenvalue weighted by Gasteiger charge is -2.32. The van der Waals surface area contributed by atoms with Gasteiger partial charge in [0.25, 0.3) is 0 Å². The number of hydrogen-bond donors (Lipinski definition) is 2. The third kappa shape index (κ3) is 2.26. The van der Waals surface area contributed by atoms with Gasteiger partial charge in [0.05, 0.1) is 12.2 Å². The van der Waals surface area contributed by atoms with E-state index in [9.17, 15) is 9.59 Å². The zero-order chi connectivity index (χ0) is 12.4.